The highest BCUT2D eigenvalue weighted by atomic mass is 16.6. The van der Waals surface area contributed by atoms with Crippen LogP contribution in [0.1, 0.15) is 76.5 Å². The average Bonchev–Trinajstić information content (AvgIpc) is 3.54. The van der Waals surface area contributed by atoms with Gasteiger partial charge >= 0.3 is 17.9 Å². The van der Waals surface area contributed by atoms with Crippen molar-refractivity contribution >= 4 is 17.9 Å². The molecule has 3 aromatic carbocycles. The summed E-state index contributed by atoms with van der Waals surface area (Å²) in [5, 5.41) is 0. The fraction of sp³-hybridized carbons (Fsp3) is 0.419. The van der Waals surface area contributed by atoms with E-state index in [2.05, 4.69) is 56.8 Å². The second-order valence-corrected chi connectivity index (χ2v) is 14.6. The van der Waals surface area contributed by atoms with Crippen LogP contribution in [0.25, 0.3) is 0 Å². The maximum atomic E-state index is 12.7. The van der Waals surface area contributed by atoms with Gasteiger partial charge in [-0.3, -0.25) is 9.59 Å². The van der Waals surface area contributed by atoms with E-state index >= 15 is 0 Å². The van der Waals surface area contributed by atoms with Crippen LogP contribution in [-0.2, 0) is 38.9 Å². The van der Waals surface area contributed by atoms with Gasteiger partial charge in [-0.15, -0.1) is 0 Å². The van der Waals surface area contributed by atoms with Crippen LogP contribution in [0.15, 0.2) is 115 Å². The predicted octanol–water partition coefficient (Wildman–Crippen LogP) is 8.12. The third-order valence-electron chi connectivity index (χ3n) is 11.6. The van der Waals surface area contributed by atoms with Crippen molar-refractivity contribution in [1.29, 1.82) is 0 Å². The molecule has 0 amide bonds. The van der Waals surface area contributed by atoms with Gasteiger partial charge < -0.3 is 18.9 Å². The standard InChI is InChI=1S/C43H48O7/c1-29-21-22-38-41(4,36(29)27-37(49-30(2)44)35-24-26-47-40(35)46)25-23-39(50-31(3)45)42(38,5)28-48-43(32-15-9-6-10-16-32,33-17-11-7-12-18-33)34-19-13-8-14-20-34/h6-20,24,36-39H,1,21-23,25-28H2,2-5H3/t36-,37?,38+,39-,41+,42+/m1/s1. The SMILES string of the molecule is C=C1CC[C@@H]2[C@](C)(COC(c3ccccc3)(c3ccccc3)c3ccccc3)[C@H](OC(C)=O)CC[C@@]2(C)[C@@H]1CC(OC(C)=O)C1=CCOC1=O. The zero-order chi connectivity index (χ0) is 35.5. The first kappa shape index (κ1) is 35.3. The molecule has 2 aliphatic carbocycles. The summed E-state index contributed by atoms with van der Waals surface area (Å²) in [5.74, 6) is -1.24. The Morgan fingerprint density at radius 2 is 1.44 bits per heavy atom. The van der Waals surface area contributed by atoms with E-state index in [9.17, 15) is 14.4 Å². The van der Waals surface area contributed by atoms with Gasteiger partial charge in [0.15, 0.2) is 0 Å². The molecule has 1 aliphatic heterocycles. The second kappa shape index (κ2) is 14.4. The summed E-state index contributed by atoms with van der Waals surface area (Å²) in [5.41, 5.74) is 2.59. The summed E-state index contributed by atoms with van der Waals surface area (Å²) in [7, 11) is 0. The van der Waals surface area contributed by atoms with Crippen molar-refractivity contribution in [2.45, 2.75) is 77.6 Å². The smallest absolute Gasteiger partial charge is 0.337 e. The molecule has 0 saturated heterocycles. The molecule has 0 N–H and O–H groups in total. The summed E-state index contributed by atoms with van der Waals surface area (Å²) >= 11 is 0. The molecule has 2 saturated carbocycles. The number of cyclic esters (lactones) is 1. The first-order valence-corrected chi connectivity index (χ1v) is 17.7. The zero-order valence-electron chi connectivity index (χ0n) is 29.6. The van der Waals surface area contributed by atoms with Crippen LogP contribution in [0.5, 0.6) is 0 Å². The zero-order valence-corrected chi connectivity index (χ0v) is 29.6. The van der Waals surface area contributed by atoms with E-state index in [1.165, 1.54) is 13.8 Å². The van der Waals surface area contributed by atoms with Gasteiger partial charge in [0.2, 0.25) is 0 Å². The minimum Gasteiger partial charge on any atom is -0.462 e. The Balaban J connectivity index is 1.43. The van der Waals surface area contributed by atoms with Crippen LogP contribution in [0.2, 0.25) is 0 Å². The van der Waals surface area contributed by atoms with E-state index in [1.807, 2.05) is 54.6 Å². The summed E-state index contributed by atoms with van der Waals surface area (Å²) in [6.45, 7) is 12.3. The van der Waals surface area contributed by atoms with Crippen LogP contribution in [0, 0.1) is 22.7 Å². The van der Waals surface area contributed by atoms with Gasteiger partial charge in [-0.2, -0.15) is 0 Å². The van der Waals surface area contributed by atoms with Crippen LogP contribution in [0.3, 0.4) is 0 Å². The van der Waals surface area contributed by atoms with Crippen molar-refractivity contribution in [1.82, 2.24) is 0 Å². The number of benzene rings is 3. The first-order valence-electron chi connectivity index (χ1n) is 17.7. The van der Waals surface area contributed by atoms with Crippen LogP contribution in [-0.4, -0.2) is 43.3 Å². The van der Waals surface area contributed by atoms with Gasteiger partial charge in [-0.05, 0) is 72.1 Å². The second-order valence-electron chi connectivity index (χ2n) is 14.6. The molecule has 3 aliphatic rings. The predicted molar refractivity (Wildman–Crippen MR) is 191 cm³/mol. The van der Waals surface area contributed by atoms with Gasteiger partial charge in [0.05, 0.1) is 12.2 Å². The minimum absolute atomic E-state index is 0.0473. The third-order valence-corrected chi connectivity index (χ3v) is 11.6. The number of ether oxygens (including phenoxy) is 4. The molecule has 3 aromatic rings. The number of fused-ring (bicyclic) bond motifs is 1. The molecular weight excluding hydrogens is 628 g/mol. The summed E-state index contributed by atoms with van der Waals surface area (Å²) in [6.07, 6.45) is 4.00. The van der Waals surface area contributed by atoms with E-state index in [0.717, 1.165) is 41.5 Å². The molecule has 0 aromatic heterocycles. The van der Waals surface area contributed by atoms with Crippen molar-refractivity contribution < 1.29 is 33.3 Å². The maximum absolute atomic E-state index is 12.7. The van der Waals surface area contributed by atoms with E-state index in [1.54, 1.807) is 6.08 Å². The molecule has 7 heteroatoms. The number of esters is 3. The molecule has 2 fully saturated rings. The van der Waals surface area contributed by atoms with Gasteiger partial charge in [-0.1, -0.05) is 117 Å². The highest BCUT2D eigenvalue weighted by Gasteiger charge is 2.60. The Kier molecular flexibility index (Phi) is 10.2. The molecule has 0 spiro atoms. The summed E-state index contributed by atoms with van der Waals surface area (Å²) in [6, 6.07) is 30.9. The lowest BCUT2D eigenvalue weighted by atomic mass is 9.46. The molecule has 1 unspecified atom stereocenters. The number of carbonyl (C=O) groups is 3. The third kappa shape index (κ3) is 6.56. The maximum Gasteiger partial charge on any atom is 0.337 e. The topological polar surface area (TPSA) is 88.1 Å². The Bertz CT molecular complexity index is 1640. The van der Waals surface area contributed by atoms with Crippen LogP contribution < -0.4 is 0 Å². The van der Waals surface area contributed by atoms with Crippen molar-refractivity contribution in [3.05, 3.63) is 131 Å². The van der Waals surface area contributed by atoms with Gasteiger partial charge in [0.1, 0.15) is 24.4 Å². The van der Waals surface area contributed by atoms with Crippen molar-refractivity contribution in [2.75, 3.05) is 13.2 Å². The quantitative estimate of drug-likeness (QED) is 0.0878. The lowest BCUT2D eigenvalue weighted by molar-refractivity contribution is -0.198. The highest BCUT2D eigenvalue weighted by Crippen LogP contribution is 2.63. The molecule has 262 valence electrons. The Hall–Kier alpha value is -4.49. The monoisotopic (exact) mass is 676 g/mol. The molecule has 50 heavy (non-hydrogen) atoms. The Morgan fingerprint density at radius 3 is 1.92 bits per heavy atom. The fourth-order valence-electron chi connectivity index (χ4n) is 9.32. The van der Waals surface area contributed by atoms with E-state index in [-0.39, 0.29) is 35.9 Å². The van der Waals surface area contributed by atoms with Crippen LogP contribution in [0.4, 0.5) is 0 Å². The number of carbonyl (C=O) groups excluding carboxylic acids is 3. The van der Waals surface area contributed by atoms with Crippen molar-refractivity contribution in [3.8, 4) is 0 Å². The van der Waals surface area contributed by atoms with Gasteiger partial charge in [0, 0.05) is 19.3 Å². The summed E-state index contributed by atoms with van der Waals surface area (Å²) in [4.78, 5) is 37.7. The average molecular weight is 677 g/mol. The number of rotatable bonds is 11. The fourth-order valence-corrected chi connectivity index (χ4v) is 9.32. The molecule has 6 rings (SSSR count). The number of hydrogen-bond donors (Lipinski definition) is 0. The minimum atomic E-state index is -0.950. The molecule has 0 bridgehead atoms. The lowest BCUT2D eigenvalue weighted by Gasteiger charge is -2.61. The first-order chi connectivity index (χ1) is 24.0. The Morgan fingerprint density at radius 1 is 0.880 bits per heavy atom. The largest absolute Gasteiger partial charge is 0.462 e. The van der Waals surface area contributed by atoms with Gasteiger partial charge in [0.25, 0.3) is 0 Å². The van der Waals surface area contributed by atoms with E-state index in [4.69, 9.17) is 18.9 Å². The molecule has 7 nitrogen and oxygen atoms in total. The van der Waals surface area contributed by atoms with Crippen molar-refractivity contribution in [3.63, 3.8) is 0 Å². The summed E-state index contributed by atoms with van der Waals surface area (Å²) < 4.78 is 24.7. The number of allylic oxidation sites excluding steroid dienone is 1. The van der Waals surface area contributed by atoms with E-state index < -0.39 is 29.1 Å². The lowest BCUT2D eigenvalue weighted by Crippen LogP contribution is -2.59. The Labute approximate surface area is 295 Å². The molecule has 0 radical (unpaired) electrons. The molecule has 1 heterocycles. The van der Waals surface area contributed by atoms with E-state index in [0.29, 0.717) is 25.0 Å². The molecule has 6 atom stereocenters. The molecular formula is C43H48O7. The highest BCUT2D eigenvalue weighted by molar-refractivity contribution is 5.92. The van der Waals surface area contributed by atoms with Crippen LogP contribution >= 0.6 is 0 Å². The normalized spacial score (nSPS) is 27.0. The number of hydrogen-bond acceptors (Lipinski definition) is 7. The van der Waals surface area contributed by atoms with Gasteiger partial charge in [-0.25, -0.2) is 4.79 Å². The van der Waals surface area contributed by atoms with Crippen molar-refractivity contribution in [2.24, 2.45) is 22.7 Å².